The number of anilines is 1. The van der Waals surface area contributed by atoms with Crippen LogP contribution in [0.2, 0.25) is 0 Å². The number of hydrogen-bond acceptors (Lipinski definition) is 5. The van der Waals surface area contributed by atoms with Crippen molar-refractivity contribution in [3.63, 3.8) is 0 Å². The molecule has 0 radical (unpaired) electrons. The molecule has 0 aliphatic carbocycles. The molecule has 0 aliphatic rings. The Morgan fingerprint density at radius 3 is 2.23 bits per heavy atom. The lowest BCUT2D eigenvalue weighted by Gasteiger charge is -2.11. The fourth-order valence-corrected chi connectivity index (χ4v) is 3.88. The molecule has 0 aromatic heterocycles. The third-order valence-corrected chi connectivity index (χ3v) is 5.74. The summed E-state index contributed by atoms with van der Waals surface area (Å²) in [6.45, 7) is 1.62. The van der Waals surface area contributed by atoms with E-state index < -0.39 is 27.6 Å². The zero-order valence-corrected chi connectivity index (χ0v) is 17.5. The lowest BCUT2D eigenvalue weighted by Crippen LogP contribution is -2.14. The molecule has 3 rings (SSSR count). The van der Waals surface area contributed by atoms with Gasteiger partial charge in [0.05, 0.1) is 17.6 Å². The highest BCUT2D eigenvalue weighted by molar-refractivity contribution is 7.92. The lowest BCUT2D eigenvalue weighted by atomic mass is 10.1. The van der Waals surface area contributed by atoms with Crippen LogP contribution in [0.1, 0.15) is 21.5 Å². The summed E-state index contributed by atoms with van der Waals surface area (Å²) in [5.74, 6) is -1.64. The molecule has 0 amide bonds. The summed E-state index contributed by atoms with van der Waals surface area (Å²) in [4.78, 5) is 11.7. The van der Waals surface area contributed by atoms with Gasteiger partial charge in [0, 0.05) is 11.8 Å². The second-order valence-corrected chi connectivity index (χ2v) is 8.35. The molecule has 0 heterocycles. The van der Waals surface area contributed by atoms with E-state index in [1.54, 1.807) is 6.92 Å². The fraction of sp³-hybridized carbons (Fsp3) is 0.136. The van der Waals surface area contributed by atoms with Crippen molar-refractivity contribution in [3.8, 4) is 5.75 Å². The number of carbonyl (C=O) groups is 1. The van der Waals surface area contributed by atoms with Gasteiger partial charge in [0.1, 0.15) is 24.0 Å². The molecule has 0 saturated heterocycles. The van der Waals surface area contributed by atoms with Gasteiger partial charge in [-0.3, -0.25) is 4.72 Å². The fourth-order valence-electron chi connectivity index (χ4n) is 2.79. The summed E-state index contributed by atoms with van der Waals surface area (Å²) >= 11 is 0. The number of sulfonamides is 1. The van der Waals surface area contributed by atoms with Crippen LogP contribution < -0.4 is 9.46 Å². The maximum absolute atomic E-state index is 13.2. The summed E-state index contributed by atoms with van der Waals surface area (Å²) in [5, 5.41) is 0. The van der Waals surface area contributed by atoms with Gasteiger partial charge < -0.3 is 9.47 Å². The normalized spacial score (nSPS) is 11.1. The van der Waals surface area contributed by atoms with E-state index >= 15 is 0 Å². The maximum Gasteiger partial charge on any atom is 0.338 e. The van der Waals surface area contributed by atoms with E-state index in [1.165, 1.54) is 49.6 Å². The smallest absolute Gasteiger partial charge is 0.338 e. The van der Waals surface area contributed by atoms with E-state index in [0.29, 0.717) is 16.9 Å². The highest BCUT2D eigenvalue weighted by Gasteiger charge is 2.18. The molecule has 0 spiro atoms. The number of carbonyl (C=O) groups excluding carboxylic acids is 1. The second-order valence-electron chi connectivity index (χ2n) is 6.66. The Hall–Kier alpha value is -3.46. The molecule has 0 saturated carbocycles. The summed E-state index contributed by atoms with van der Waals surface area (Å²) < 4.78 is 64.4. The molecule has 0 bridgehead atoms. The van der Waals surface area contributed by atoms with Crippen molar-refractivity contribution in [2.45, 2.75) is 18.4 Å². The van der Waals surface area contributed by atoms with Crippen LogP contribution in [0.4, 0.5) is 14.5 Å². The first-order chi connectivity index (χ1) is 14.7. The largest absolute Gasteiger partial charge is 0.489 e. The van der Waals surface area contributed by atoms with Gasteiger partial charge in [-0.05, 0) is 66.6 Å². The van der Waals surface area contributed by atoms with E-state index in [1.807, 2.05) is 0 Å². The quantitative estimate of drug-likeness (QED) is 0.542. The van der Waals surface area contributed by atoms with Crippen molar-refractivity contribution >= 4 is 21.7 Å². The molecule has 0 atom stereocenters. The number of benzene rings is 3. The summed E-state index contributed by atoms with van der Waals surface area (Å²) in [5.41, 5.74) is 1.33. The maximum atomic E-state index is 13.2. The molecule has 3 aromatic rings. The lowest BCUT2D eigenvalue weighted by molar-refractivity contribution is 0.0599. The molecule has 0 unspecified atom stereocenters. The van der Waals surface area contributed by atoms with Gasteiger partial charge in [0.2, 0.25) is 0 Å². The van der Waals surface area contributed by atoms with Crippen LogP contribution in [0.3, 0.4) is 0 Å². The Morgan fingerprint density at radius 1 is 0.968 bits per heavy atom. The highest BCUT2D eigenvalue weighted by Crippen LogP contribution is 2.22. The number of nitrogens with one attached hydrogen (secondary N) is 1. The van der Waals surface area contributed by atoms with E-state index in [4.69, 9.17) is 4.74 Å². The first kappa shape index (κ1) is 22.2. The SMILES string of the molecule is COC(=O)c1cc(S(=O)(=O)Nc2ccc(OCc3cc(F)cc(F)c3)cc2)ccc1C. The number of rotatable bonds is 7. The zero-order chi connectivity index (χ0) is 22.6. The highest BCUT2D eigenvalue weighted by atomic mass is 32.2. The summed E-state index contributed by atoms with van der Waals surface area (Å²) in [6.07, 6.45) is 0. The molecular weight excluding hydrogens is 428 g/mol. The number of hydrogen-bond donors (Lipinski definition) is 1. The average Bonchev–Trinajstić information content (AvgIpc) is 2.72. The van der Waals surface area contributed by atoms with Crippen molar-refractivity contribution in [2.24, 2.45) is 0 Å². The standard InChI is InChI=1S/C22H19F2NO5S/c1-14-3-8-20(12-21(14)22(26)29-2)31(27,28)25-18-4-6-19(7-5-18)30-13-15-9-16(23)11-17(24)10-15/h3-12,25H,13H2,1-2H3. The molecule has 0 fully saturated rings. The van der Waals surface area contributed by atoms with Gasteiger partial charge in [0.15, 0.2) is 0 Å². The minimum absolute atomic E-state index is 0.0561. The number of methoxy groups -OCH3 is 1. The predicted molar refractivity (Wildman–Crippen MR) is 110 cm³/mol. The minimum atomic E-state index is -3.95. The molecule has 0 aliphatic heterocycles. The molecule has 3 aromatic carbocycles. The first-order valence-corrected chi connectivity index (χ1v) is 10.6. The van der Waals surface area contributed by atoms with Crippen molar-refractivity contribution < 1.29 is 31.5 Å². The van der Waals surface area contributed by atoms with Crippen LogP contribution >= 0.6 is 0 Å². The van der Waals surface area contributed by atoms with Crippen molar-refractivity contribution in [1.29, 1.82) is 0 Å². The van der Waals surface area contributed by atoms with E-state index in [0.717, 1.165) is 18.2 Å². The van der Waals surface area contributed by atoms with E-state index in [-0.39, 0.29) is 22.8 Å². The van der Waals surface area contributed by atoms with Crippen LogP contribution in [0.25, 0.3) is 0 Å². The average molecular weight is 447 g/mol. The molecule has 6 nitrogen and oxygen atoms in total. The Labute approximate surface area is 178 Å². The molecule has 9 heteroatoms. The van der Waals surface area contributed by atoms with Crippen LogP contribution in [-0.4, -0.2) is 21.5 Å². The number of ether oxygens (including phenoxy) is 2. The van der Waals surface area contributed by atoms with Gasteiger partial charge in [-0.2, -0.15) is 0 Å². The number of esters is 1. The predicted octanol–water partition coefficient (Wildman–Crippen LogP) is 4.44. The van der Waals surface area contributed by atoms with E-state index in [9.17, 15) is 22.0 Å². The number of halogens is 2. The Kier molecular flexibility index (Phi) is 6.55. The second kappa shape index (κ2) is 9.13. The Balaban J connectivity index is 1.71. The van der Waals surface area contributed by atoms with Gasteiger partial charge in [-0.1, -0.05) is 6.07 Å². The summed E-state index contributed by atoms with van der Waals surface area (Å²) in [7, 11) is -2.74. The van der Waals surface area contributed by atoms with E-state index in [2.05, 4.69) is 9.46 Å². The molecule has 31 heavy (non-hydrogen) atoms. The monoisotopic (exact) mass is 447 g/mol. The molecule has 1 N–H and O–H groups in total. The van der Waals surface area contributed by atoms with Gasteiger partial charge in [0.25, 0.3) is 10.0 Å². The third-order valence-electron chi connectivity index (χ3n) is 4.36. The Morgan fingerprint density at radius 2 is 1.61 bits per heavy atom. The molecular formula is C22H19F2NO5S. The van der Waals surface area contributed by atoms with Crippen molar-refractivity contribution in [1.82, 2.24) is 0 Å². The first-order valence-electron chi connectivity index (χ1n) is 9.07. The topological polar surface area (TPSA) is 81.7 Å². The van der Waals surface area contributed by atoms with Gasteiger partial charge in [-0.15, -0.1) is 0 Å². The third kappa shape index (κ3) is 5.58. The minimum Gasteiger partial charge on any atom is -0.489 e. The van der Waals surface area contributed by atoms with Crippen LogP contribution in [-0.2, 0) is 21.4 Å². The van der Waals surface area contributed by atoms with Crippen LogP contribution in [0.5, 0.6) is 5.75 Å². The summed E-state index contributed by atoms with van der Waals surface area (Å²) in [6, 6.07) is 13.2. The Bertz CT molecular complexity index is 1190. The van der Waals surface area contributed by atoms with Gasteiger partial charge >= 0.3 is 5.97 Å². The number of aryl methyl sites for hydroxylation is 1. The van der Waals surface area contributed by atoms with Crippen LogP contribution in [0.15, 0.2) is 65.6 Å². The van der Waals surface area contributed by atoms with Gasteiger partial charge in [-0.25, -0.2) is 22.0 Å². The van der Waals surface area contributed by atoms with Crippen molar-refractivity contribution in [2.75, 3.05) is 11.8 Å². The van der Waals surface area contributed by atoms with Crippen LogP contribution in [0, 0.1) is 18.6 Å². The zero-order valence-electron chi connectivity index (χ0n) is 16.7. The van der Waals surface area contributed by atoms with Crippen molar-refractivity contribution in [3.05, 3.63) is 89.0 Å². The molecule has 162 valence electrons.